The van der Waals surface area contributed by atoms with Crippen LogP contribution in [0, 0.1) is 5.41 Å². The van der Waals surface area contributed by atoms with E-state index in [0.29, 0.717) is 25.0 Å². The van der Waals surface area contributed by atoms with E-state index >= 15 is 0 Å². The van der Waals surface area contributed by atoms with Gasteiger partial charge in [-0.2, -0.15) is 5.10 Å². The van der Waals surface area contributed by atoms with Crippen molar-refractivity contribution in [3.63, 3.8) is 0 Å². The summed E-state index contributed by atoms with van der Waals surface area (Å²) < 4.78 is 1.82. The largest absolute Gasteiger partial charge is 0.384 e. The first-order valence-corrected chi connectivity index (χ1v) is 12.3. The van der Waals surface area contributed by atoms with Gasteiger partial charge in [-0.15, -0.1) is 0 Å². The quantitative estimate of drug-likeness (QED) is 0.541. The van der Waals surface area contributed by atoms with Gasteiger partial charge in [0.05, 0.1) is 12.7 Å². The summed E-state index contributed by atoms with van der Waals surface area (Å²) >= 11 is 0. The minimum absolute atomic E-state index is 0.0742. The molecule has 0 spiro atoms. The maximum absolute atomic E-state index is 12.2. The number of carbonyl (C=O) groups excluding carboxylic acids is 1. The number of nitrogens with one attached hydrogen (secondary N) is 2. The third-order valence-electron chi connectivity index (χ3n) is 7.35. The molecular formula is C26H35N7O. The van der Waals surface area contributed by atoms with Crippen molar-refractivity contribution < 1.29 is 4.79 Å². The fraction of sp³-hybridized carbons (Fsp3) is 0.500. The lowest BCUT2D eigenvalue weighted by Crippen LogP contribution is -2.46. The second-order valence-electron chi connectivity index (χ2n) is 9.89. The van der Waals surface area contributed by atoms with Crippen molar-refractivity contribution in [2.45, 2.75) is 38.6 Å². The molecule has 0 aliphatic carbocycles. The van der Waals surface area contributed by atoms with Crippen molar-refractivity contribution in [1.82, 2.24) is 24.9 Å². The SMILES string of the molecule is CC(=O)N1CCC(NC2CCN(C)C2)=C(C(=N)N2CCCc3cc(-c4cnn(C)c4)ccc32)C1. The first kappa shape index (κ1) is 22.7. The Bertz CT molecular complexity index is 1130. The van der Waals surface area contributed by atoms with Gasteiger partial charge in [-0.1, -0.05) is 6.07 Å². The molecule has 3 aliphatic rings. The van der Waals surface area contributed by atoms with Gasteiger partial charge in [0, 0.05) is 74.8 Å². The van der Waals surface area contributed by atoms with E-state index in [2.05, 4.69) is 45.5 Å². The molecule has 1 fully saturated rings. The average Bonchev–Trinajstić information content (AvgIpc) is 3.45. The molecule has 180 valence electrons. The van der Waals surface area contributed by atoms with E-state index in [1.54, 1.807) is 6.92 Å². The Labute approximate surface area is 201 Å². The molecule has 2 N–H and O–H groups in total. The fourth-order valence-corrected chi connectivity index (χ4v) is 5.45. The highest BCUT2D eigenvalue weighted by Gasteiger charge is 2.30. The minimum atomic E-state index is 0.0742. The van der Waals surface area contributed by atoms with Crippen molar-refractivity contribution >= 4 is 17.4 Å². The van der Waals surface area contributed by atoms with Crippen LogP contribution in [0.3, 0.4) is 0 Å². The number of benzene rings is 1. The normalized spacial score (nSPS) is 21.1. The predicted octanol–water partition coefficient (Wildman–Crippen LogP) is 2.62. The van der Waals surface area contributed by atoms with E-state index in [1.165, 1.54) is 5.56 Å². The molecule has 5 rings (SSSR count). The molecule has 1 aromatic heterocycles. The van der Waals surface area contributed by atoms with Gasteiger partial charge < -0.3 is 20.0 Å². The van der Waals surface area contributed by atoms with Gasteiger partial charge in [-0.05, 0) is 56.1 Å². The Balaban J connectivity index is 1.44. The van der Waals surface area contributed by atoms with E-state index in [9.17, 15) is 10.2 Å². The lowest BCUT2D eigenvalue weighted by atomic mass is 9.95. The summed E-state index contributed by atoms with van der Waals surface area (Å²) in [6, 6.07) is 6.93. The molecule has 1 amide bonds. The second-order valence-corrected chi connectivity index (χ2v) is 9.89. The Morgan fingerprint density at radius 2 is 2.00 bits per heavy atom. The molecule has 3 aliphatic heterocycles. The molecule has 2 aromatic rings. The number of hydrogen-bond donors (Lipinski definition) is 2. The third-order valence-corrected chi connectivity index (χ3v) is 7.35. The molecule has 4 heterocycles. The number of aromatic nitrogens is 2. The molecule has 8 heteroatoms. The maximum atomic E-state index is 12.2. The van der Waals surface area contributed by atoms with Crippen LogP contribution in [0.15, 0.2) is 41.9 Å². The number of anilines is 1. The topological polar surface area (TPSA) is 80.5 Å². The van der Waals surface area contributed by atoms with Crippen molar-refractivity contribution in [3.05, 3.63) is 47.4 Å². The lowest BCUT2D eigenvalue weighted by Gasteiger charge is -2.37. The Morgan fingerprint density at radius 1 is 1.15 bits per heavy atom. The van der Waals surface area contributed by atoms with E-state index in [1.807, 2.05) is 29.0 Å². The summed E-state index contributed by atoms with van der Waals surface area (Å²) in [5, 5.41) is 17.3. The summed E-state index contributed by atoms with van der Waals surface area (Å²) in [5.74, 6) is 0.597. The van der Waals surface area contributed by atoms with E-state index in [-0.39, 0.29) is 5.91 Å². The zero-order chi connectivity index (χ0) is 23.8. The smallest absolute Gasteiger partial charge is 0.219 e. The number of rotatable bonds is 4. The summed E-state index contributed by atoms with van der Waals surface area (Å²) in [6.07, 6.45) is 7.83. The Morgan fingerprint density at radius 3 is 2.71 bits per heavy atom. The van der Waals surface area contributed by atoms with Crippen LogP contribution in [0.5, 0.6) is 0 Å². The molecule has 1 aromatic carbocycles. The molecule has 0 bridgehead atoms. The maximum Gasteiger partial charge on any atom is 0.219 e. The molecule has 0 saturated carbocycles. The van der Waals surface area contributed by atoms with Gasteiger partial charge in [0.25, 0.3) is 0 Å². The summed E-state index contributed by atoms with van der Waals surface area (Å²) in [6.45, 7) is 5.77. The zero-order valence-electron chi connectivity index (χ0n) is 20.5. The number of likely N-dealkylation sites (N-methyl/N-ethyl adjacent to an activating group) is 1. The molecule has 0 radical (unpaired) electrons. The lowest BCUT2D eigenvalue weighted by molar-refractivity contribution is -0.128. The standard InChI is InChI=1S/C26H35N7O/c1-18(34)32-12-9-24(29-22-8-11-30(2)16-22)23(17-32)26(27)33-10-4-5-20-13-19(6-7-25(20)33)21-14-28-31(3)15-21/h6-7,13-15,22,27,29H,4-5,8-12,16-17H2,1-3H3. The van der Waals surface area contributed by atoms with Crippen molar-refractivity contribution in [2.24, 2.45) is 7.05 Å². The molecular weight excluding hydrogens is 426 g/mol. The molecule has 1 saturated heterocycles. The van der Waals surface area contributed by atoms with Crippen molar-refractivity contribution in [3.8, 4) is 11.1 Å². The minimum Gasteiger partial charge on any atom is -0.384 e. The first-order valence-electron chi connectivity index (χ1n) is 12.3. The van der Waals surface area contributed by atoms with Gasteiger partial charge in [-0.3, -0.25) is 14.9 Å². The van der Waals surface area contributed by atoms with Gasteiger partial charge in [0.1, 0.15) is 5.84 Å². The summed E-state index contributed by atoms with van der Waals surface area (Å²) in [5.41, 5.74) is 6.74. The number of amidine groups is 1. The van der Waals surface area contributed by atoms with E-state index in [4.69, 9.17) is 0 Å². The molecule has 1 atom stereocenters. The molecule has 1 unspecified atom stereocenters. The van der Waals surface area contributed by atoms with Gasteiger partial charge in [-0.25, -0.2) is 0 Å². The number of amides is 1. The number of likely N-dealkylation sites (tertiary alicyclic amines) is 1. The first-order chi connectivity index (χ1) is 16.4. The third kappa shape index (κ3) is 4.46. The average molecular weight is 462 g/mol. The monoisotopic (exact) mass is 461 g/mol. The highest BCUT2D eigenvalue weighted by atomic mass is 16.2. The zero-order valence-corrected chi connectivity index (χ0v) is 20.5. The van der Waals surface area contributed by atoms with Crippen LogP contribution < -0.4 is 10.2 Å². The Kier molecular flexibility index (Phi) is 6.16. The van der Waals surface area contributed by atoms with Crippen LogP contribution in [-0.4, -0.2) is 77.1 Å². The van der Waals surface area contributed by atoms with Gasteiger partial charge >= 0.3 is 0 Å². The van der Waals surface area contributed by atoms with E-state index in [0.717, 1.165) is 73.4 Å². The van der Waals surface area contributed by atoms with E-state index < -0.39 is 0 Å². The highest BCUT2D eigenvalue weighted by molar-refractivity contribution is 6.09. The highest BCUT2D eigenvalue weighted by Crippen LogP contribution is 2.33. The number of hydrogen-bond acceptors (Lipinski definition) is 5. The van der Waals surface area contributed by atoms with Crippen molar-refractivity contribution in [1.29, 1.82) is 5.41 Å². The van der Waals surface area contributed by atoms with Crippen LogP contribution in [0.4, 0.5) is 5.69 Å². The molecule has 8 nitrogen and oxygen atoms in total. The number of aryl methyl sites for hydroxylation is 2. The second kappa shape index (κ2) is 9.25. The van der Waals surface area contributed by atoms with Crippen LogP contribution in [-0.2, 0) is 18.3 Å². The number of nitrogens with zero attached hydrogens (tertiary/aromatic N) is 5. The van der Waals surface area contributed by atoms with Crippen molar-refractivity contribution in [2.75, 3.05) is 44.7 Å². The van der Waals surface area contributed by atoms with Gasteiger partial charge in [0.2, 0.25) is 5.91 Å². The number of carbonyl (C=O) groups is 1. The van der Waals surface area contributed by atoms with Crippen LogP contribution in [0.1, 0.15) is 31.7 Å². The molecule has 34 heavy (non-hydrogen) atoms. The van der Waals surface area contributed by atoms with Crippen LogP contribution in [0.25, 0.3) is 11.1 Å². The summed E-state index contributed by atoms with van der Waals surface area (Å²) in [4.78, 5) is 18.6. The predicted molar refractivity (Wildman–Crippen MR) is 135 cm³/mol. The van der Waals surface area contributed by atoms with Crippen LogP contribution >= 0.6 is 0 Å². The van der Waals surface area contributed by atoms with Crippen LogP contribution in [0.2, 0.25) is 0 Å². The van der Waals surface area contributed by atoms with Gasteiger partial charge in [0.15, 0.2) is 0 Å². The Hall–Kier alpha value is -3.13. The number of fused-ring (bicyclic) bond motifs is 1. The summed E-state index contributed by atoms with van der Waals surface area (Å²) in [7, 11) is 4.09. The fourth-order valence-electron chi connectivity index (χ4n) is 5.45.